The summed E-state index contributed by atoms with van der Waals surface area (Å²) < 4.78 is 30.4. The lowest BCUT2D eigenvalue weighted by Gasteiger charge is -2.36. The molecule has 1 saturated heterocycles. The van der Waals surface area contributed by atoms with Gasteiger partial charge in [0.15, 0.2) is 0 Å². The summed E-state index contributed by atoms with van der Waals surface area (Å²) in [4.78, 5) is 36.2. The van der Waals surface area contributed by atoms with Gasteiger partial charge in [-0.05, 0) is 62.7 Å². The lowest BCUT2D eigenvalue weighted by atomic mass is 9.82. The molecule has 39 heavy (non-hydrogen) atoms. The van der Waals surface area contributed by atoms with E-state index in [4.69, 9.17) is 4.42 Å². The van der Waals surface area contributed by atoms with E-state index < -0.39 is 17.7 Å². The van der Waals surface area contributed by atoms with Crippen LogP contribution in [0, 0.1) is 0 Å². The lowest BCUT2D eigenvalue weighted by Crippen LogP contribution is -2.46. The zero-order chi connectivity index (χ0) is 28.2. The third kappa shape index (κ3) is 6.47. The number of carbonyl (C=O) groups excluding carboxylic acids is 2. The van der Waals surface area contributed by atoms with E-state index in [2.05, 4.69) is 31.9 Å². The fourth-order valence-electron chi connectivity index (χ4n) is 4.66. The van der Waals surface area contributed by atoms with Gasteiger partial charge in [-0.15, -0.1) is 10.2 Å². The molecule has 1 fully saturated rings. The van der Waals surface area contributed by atoms with Crippen molar-refractivity contribution < 1.29 is 22.8 Å². The standard InChI is InChI=1S/C28H34F2N6O3/c1-5-10-35-11-13-36(14-12-35)21-8-9-22(23(15-21)28(2,3)18-37)27(38)34(4)17-20-7-6-19(16-31-20)25-32-33-26(39-25)24(29)30/h6-9,15-16,18,24H,5,10-14,17H2,1-4H3. The minimum atomic E-state index is -2.85. The number of rotatable bonds is 10. The van der Waals surface area contributed by atoms with Crippen LogP contribution in [0.1, 0.15) is 61.1 Å². The van der Waals surface area contributed by atoms with Crippen LogP contribution >= 0.6 is 0 Å². The first-order chi connectivity index (χ1) is 18.6. The van der Waals surface area contributed by atoms with E-state index in [-0.39, 0.29) is 18.3 Å². The second-order valence-electron chi connectivity index (χ2n) is 10.3. The van der Waals surface area contributed by atoms with Crippen LogP contribution in [0.2, 0.25) is 0 Å². The molecule has 2 aromatic heterocycles. The highest BCUT2D eigenvalue weighted by Crippen LogP contribution is 2.31. The number of piperazine rings is 1. The van der Waals surface area contributed by atoms with E-state index in [1.807, 2.05) is 26.0 Å². The Morgan fingerprint density at radius 2 is 1.90 bits per heavy atom. The number of carbonyl (C=O) groups is 2. The molecule has 1 amide bonds. The van der Waals surface area contributed by atoms with E-state index in [9.17, 15) is 18.4 Å². The number of pyridine rings is 1. The zero-order valence-corrected chi connectivity index (χ0v) is 22.7. The fourth-order valence-corrected chi connectivity index (χ4v) is 4.66. The third-order valence-electron chi connectivity index (χ3n) is 6.94. The summed E-state index contributed by atoms with van der Waals surface area (Å²) >= 11 is 0. The molecule has 0 aliphatic carbocycles. The highest BCUT2D eigenvalue weighted by atomic mass is 19.3. The van der Waals surface area contributed by atoms with Crippen molar-refractivity contribution in [2.75, 3.05) is 44.7 Å². The Morgan fingerprint density at radius 3 is 2.49 bits per heavy atom. The monoisotopic (exact) mass is 540 g/mol. The molecule has 4 rings (SSSR count). The van der Waals surface area contributed by atoms with Crippen LogP contribution in [0.5, 0.6) is 0 Å². The van der Waals surface area contributed by atoms with Gasteiger partial charge in [0.1, 0.15) is 6.29 Å². The summed E-state index contributed by atoms with van der Waals surface area (Å²) in [5.74, 6) is -1.04. The molecule has 1 aromatic carbocycles. The van der Waals surface area contributed by atoms with Gasteiger partial charge in [-0.2, -0.15) is 8.78 Å². The molecule has 208 valence electrons. The first-order valence-electron chi connectivity index (χ1n) is 13.0. The van der Waals surface area contributed by atoms with Crippen LogP contribution in [0.4, 0.5) is 14.5 Å². The van der Waals surface area contributed by atoms with Gasteiger partial charge in [0.2, 0.25) is 5.89 Å². The van der Waals surface area contributed by atoms with Crippen molar-refractivity contribution >= 4 is 17.9 Å². The predicted molar refractivity (Wildman–Crippen MR) is 143 cm³/mol. The third-order valence-corrected chi connectivity index (χ3v) is 6.94. The Balaban J connectivity index is 1.50. The summed E-state index contributed by atoms with van der Waals surface area (Å²) in [5, 5.41) is 6.95. The summed E-state index contributed by atoms with van der Waals surface area (Å²) in [7, 11) is 1.67. The van der Waals surface area contributed by atoms with Crippen molar-refractivity contribution in [1.82, 2.24) is 25.0 Å². The number of hydrogen-bond donors (Lipinski definition) is 0. The molecule has 0 saturated carbocycles. The smallest absolute Gasteiger partial charge is 0.314 e. The van der Waals surface area contributed by atoms with Crippen molar-refractivity contribution in [3.63, 3.8) is 0 Å². The lowest BCUT2D eigenvalue weighted by molar-refractivity contribution is -0.111. The first kappa shape index (κ1) is 28.3. The molecule has 1 aliphatic heterocycles. The van der Waals surface area contributed by atoms with Gasteiger partial charge in [-0.1, -0.05) is 6.92 Å². The van der Waals surface area contributed by atoms with Crippen molar-refractivity contribution in [3.8, 4) is 11.5 Å². The number of nitrogens with zero attached hydrogens (tertiary/aromatic N) is 6. The van der Waals surface area contributed by atoms with Gasteiger partial charge < -0.3 is 19.0 Å². The number of halogens is 2. The number of aromatic nitrogens is 3. The van der Waals surface area contributed by atoms with Crippen LogP contribution in [0.15, 0.2) is 40.9 Å². The molecular weight excluding hydrogens is 506 g/mol. The fraction of sp³-hybridized carbons (Fsp3) is 0.464. The molecule has 0 atom stereocenters. The molecule has 1 aliphatic rings. The average molecular weight is 541 g/mol. The first-order valence-corrected chi connectivity index (χ1v) is 13.0. The Labute approximate surface area is 226 Å². The minimum absolute atomic E-state index is 0.0543. The van der Waals surface area contributed by atoms with Gasteiger partial charge in [-0.3, -0.25) is 14.7 Å². The molecule has 9 nitrogen and oxygen atoms in total. The number of benzene rings is 1. The number of anilines is 1. The Kier molecular flexibility index (Phi) is 8.69. The van der Waals surface area contributed by atoms with Gasteiger partial charge in [0.25, 0.3) is 11.8 Å². The number of hydrogen-bond acceptors (Lipinski definition) is 8. The van der Waals surface area contributed by atoms with Crippen LogP contribution in [-0.4, -0.2) is 76.9 Å². The molecule has 11 heteroatoms. The van der Waals surface area contributed by atoms with Crippen LogP contribution < -0.4 is 4.90 Å². The quantitative estimate of drug-likeness (QED) is 0.350. The maximum Gasteiger partial charge on any atom is 0.314 e. The largest absolute Gasteiger partial charge is 0.415 e. The van der Waals surface area contributed by atoms with Crippen LogP contribution in [0.25, 0.3) is 11.5 Å². The van der Waals surface area contributed by atoms with Crippen molar-refractivity contribution in [3.05, 3.63) is 59.2 Å². The number of aldehydes is 1. The highest BCUT2D eigenvalue weighted by Gasteiger charge is 2.29. The van der Waals surface area contributed by atoms with E-state index in [1.165, 1.54) is 11.1 Å². The minimum Gasteiger partial charge on any atom is -0.415 e. The topological polar surface area (TPSA) is 95.7 Å². The molecular formula is C28H34F2N6O3. The molecule has 3 aromatic rings. The Bertz CT molecular complexity index is 1290. The number of amides is 1. The van der Waals surface area contributed by atoms with E-state index in [1.54, 1.807) is 25.2 Å². The molecule has 0 unspecified atom stereocenters. The summed E-state index contributed by atoms with van der Waals surface area (Å²) in [6.07, 6.45) is 0.589. The van der Waals surface area contributed by atoms with E-state index in [0.29, 0.717) is 22.4 Å². The van der Waals surface area contributed by atoms with E-state index >= 15 is 0 Å². The second-order valence-corrected chi connectivity index (χ2v) is 10.3. The number of alkyl halides is 2. The molecule has 0 spiro atoms. The average Bonchev–Trinajstić information content (AvgIpc) is 3.44. The molecule has 3 heterocycles. The van der Waals surface area contributed by atoms with Gasteiger partial charge in [-0.25, -0.2) is 0 Å². The van der Waals surface area contributed by atoms with Crippen molar-refractivity contribution in [1.29, 1.82) is 0 Å². The Hall–Kier alpha value is -3.73. The van der Waals surface area contributed by atoms with Gasteiger partial charge >= 0.3 is 6.43 Å². The van der Waals surface area contributed by atoms with Crippen LogP contribution in [-0.2, 0) is 16.8 Å². The van der Waals surface area contributed by atoms with Gasteiger partial charge in [0, 0.05) is 56.1 Å². The molecule has 0 N–H and O–H groups in total. The van der Waals surface area contributed by atoms with Gasteiger partial charge in [0.05, 0.1) is 17.8 Å². The Morgan fingerprint density at radius 1 is 1.15 bits per heavy atom. The highest BCUT2D eigenvalue weighted by molar-refractivity contribution is 5.97. The maximum absolute atomic E-state index is 13.5. The van der Waals surface area contributed by atoms with E-state index in [0.717, 1.165) is 51.1 Å². The molecule has 0 radical (unpaired) electrons. The van der Waals surface area contributed by atoms with Crippen molar-refractivity contribution in [2.45, 2.75) is 45.6 Å². The summed E-state index contributed by atoms with van der Waals surface area (Å²) in [6, 6.07) is 9.02. The predicted octanol–water partition coefficient (Wildman–Crippen LogP) is 4.35. The van der Waals surface area contributed by atoms with Crippen molar-refractivity contribution in [2.24, 2.45) is 0 Å². The summed E-state index contributed by atoms with van der Waals surface area (Å²) in [6.45, 7) is 10.8. The van der Waals surface area contributed by atoms with Crippen LogP contribution in [0.3, 0.4) is 0 Å². The maximum atomic E-state index is 13.5. The zero-order valence-electron chi connectivity index (χ0n) is 22.7. The molecule has 0 bridgehead atoms. The SMILES string of the molecule is CCCN1CCN(c2ccc(C(=O)N(C)Cc3ccc(-c4nnc(C(F)F)o4)cn3)c(C(C)(C)C=O)c2)CC1. The summed E-state index contributed by atoms with van der Waals surface area (Å²) in [5.41, 5.74) is 2.27. The second kappa shape index (κ2) is 12.0. The normalized spacial score (nSPS) is 14.6.